The molecular weight excluding hydrogens is 247 g/mol. The minimum absolute atomic E-state index is 0.260. The maximum absolute atomic E-state index is 11.6. The molecule has 3 N–H and O–H groups in total. The second-order valence-electron chi connectivity index (χ2n) is 3.59. The van der Waals surface area contributed by atoms with Gasteiger partial charge in [0.05, 0.1) is 16.8 Å². The number of carbonyl (C=O) groups is 1. The number of amides is 1. The largest absolute Gasteiger partial charge is 0.323 e. The standard InChI is InChI=1S/C11H14Cl2N2O/c1-3-9(14)11(16)15-10-5-7(12)6(2)4-8(10)13/h4-5,9H,3,14H2,1-2H3,(H,15,16)/t9-/m0/s1. The van der Waals surface area contributed by atoms with Gasteiger partial charge in [0, 0.05) is 5.02 Å². The quantitative estimate of drug-likeness (QED) is 0.878. The fraction of sp³-hybridized carbons (Fsp3) is 0.364. The average molecular weight is 261 g/mol. The second-order valence-corrected chi connectivity index (χ2v) is 4.40. The first-order chi connectivity index (χ1) is 7.45. The monoisotopic (exact) mass is 260 g/mol. The summed E-state index contributed by atoms with van der Waals surface area (Å²) in [5.74, 6) is -0.260. The minimum atomic E-state index is -0.531. The lowest BCUT2D eigenvalue weighted by molar-refractivity contribution is -0.117. The molecule has 0 aliphatic rings. The highest BCUT2D eigenvalue weighted by Crippen LogP contribution is 2.28. The van der Waals surface area contributed by atoms with Gasteiger partial charge in [-0.3, -0.25) is 4.79 Å². The van der Waals surface area contributed by atoms with Crippen molar-refractivity contribution in [3.8, 4) is 0 Å². The molecule has 3 nitrogen and oxygen atoms in total. The van der Waals surface area contributed by atoms with E-state index in [4.69, 9.17) is 28.9 Å². The van der Waals surface area contributed by atoms with E-state index in [9.17, 15) is 4.79 Å². The number of benzene rings is 1. The molecule has 0 saturated heterocycles. The zero-order valence-electron chi connectivity index (χ0n) is 9.18. The Bertz CT molecular complexity index is 407. The van der Waals surface area contributed by atoms with Gasteiger partial charge in [-0.1, -0.05) is 30.1 Å². The minimum Gasteiger partial charge on any atom is -0.323 e. The van der Waals surface area contributed by atoms with Crippen molar-refractivity contribution in [3.63, 3.8) is 0 Å². The summed E-state index contributed by atoms with van der Waals surface area (Å²) in [6.45, 7) is 3.69. The summed E-state index contributed by atoms with van der Waals surface area (Å²) in [7, 11) is 0. The number of aryl methyl sites for hydroxylation is 1. The van der Waals surface area contributed by atoms with Crippen molar-refractivity contribution >= 4 is 34.8 Å². The Balaban J connectivity index is 2.90. The van der Waals surface area contributed by atoms with E-state index in [-0.39, 0.29) is 5.91 Å². The predicted molar refractivity (Wildman–Crippen MR) is 68.1 cm³/mol. The molecule has 1 aromatic carbocycles. The van der Waals surface area contributed by atoms with Gasteiger partial charge in [-0.2, -0.15) is 0 Å². The summed E-state index contributed by atoms with van der Waals surface area (Å²) in [4.78, 5) is 11.6. The van der Waals surface area contributed by atoms with Crippen LogP contribution < -0.4 is 11.1 Å². The van der Waals surface area contributed by atoms with Gasteiger partial charge in [0.15, 0.2) is 0 Å². The number of rotatable bonds is 3. The van der Waals surface area contributed by atoms with Crippen LogP contribution in [-0.2, 0) is 4.79 Å². The normalized spacial score (nSPS) is 12.3. The summed E-state index contributed by atoms with van der Waals surface area (Å²) < 4.78 is 0. The molecule has 1 rings (SSSR count). The summed E-state index contributed by atoms with van der Waals surface area (Å²) in [6.07, 6.45) is 0.572. The van der Waals surface area contributed by atoms with Gasteiger partial charge in [0.1, 0.15) is 0 Å². The molecule has 0 saturated carbocycles. The van der Waals surface area contributed by atoms with E-state index in [1.807, 2.05) is 13.8 Å². The zero-order chi connectivity index (χ0) is 12.3. The molecule has 1 amide bonds. The fourth-order valence-electron chi connectivity index (χ4n) is 1.15. The molecule has 0 spiro atoms. The van der Waals surface area contributed by atoms with Crippen LogP contribution in [-0.4, -0.2) is 11.9 Å². The van der Waals surface area contributed by atoms with E-state index < -0.39 is 6.04 Å². The van der Waals surface area contributed by atoms with Crippen molar-refractivity contribution in [3.05, 3.63) is 27.7 Å². The number of nitrogens with two attached hydrogens (primary N) is 1. The first-order valence-electron chi connectivity index (χ1n) is 4.97. The van der Waals surface area contributed by atoms with Gasteiger partial charge in [-0.25, -0.2) is 0 Å². The van der Waals surface area contributed by atoms with Crippen LogP contribution in [0.15, 0.2) is 12.1 Å². The molecule has 16 heavy (non-hydrogen) atoms. The third kappa shape index (κ3) is 3.11. The first kappa shape index (κ1) is 13.3. The molecule has 0 heterocycles. The molecule has 0 unspecified atom stereocenters. The van der Waals surface area contributed by atoms with E-state index in [1.165, 1.54) is 0 Å². The van der Waals surface area contributed by atoms with Crippen LogP contribution in [0.25, 0.3) is 0 Å². The van der Waals surface area contributed by atoms with Crippen molar-refractivity contribution < 1.29 is 4.79 Å². The maximum Gasteiger partial charge on any atom is 0.241 e. The molecule has 0 radical (unpaired) electrons. The summed E-state index contributed by atoms with van der Waals surface area (Å²) in [6, 6.07) is 2.80. The molecule has 0 bridgehead atoms. The predicted octanol–water partition coefficient (Wildman–Crippen LogP) is 2.98. The van der Waals surface area contributed by atoms with Crippen LogP contribution in [0.4, 0.5) is 5.69 Å². The Kier molecular flexibility index (Phi) is 4.59. The van der Waals surface area contributed by atoms with Crippen LogP contribution in [0.1, 0.15) is 18.9 Å². The van der Waals surface area contributed by atoms with Gasteiger partial charge in [-0.15, -0.1) is 0 Å². The third-order valence-electron chi connectivity index (χ3n) is 2.28. The van der Waals surface area contributed by atoms with Crippen LogP contribution in [0.2, 0.25) is 10.0 Å². The van der Waals surface area contributed by atoms with Crippen molar-refractivity contribution in [2.75, 3.05) is 5.32 Å². The van der Waals surface area contributed by atoms with Crippen LogP contribution in [0.3, 0.4) is 0 Å². The number of nitrogens with one attached hydrogen (secondary N) is 1. The van der Waals surface area contributed by atoms with Crippen LogP contribution >= 0.6 is 23.2 Å². The number of hydrogen-bond acceptors (Lipinski definition) is 2. The Morgan fingerprint density at radius 1 is 1.44 bits per heavy atom. The van der Waals surface area contributed by atoms with E-state index in [0.717, 1.165) is 5.56 Å². The van der Waals surface area contributed by atoms with Crippen molar-refractivity contribution in [1.29, 1.82) is 0 Å². The van der Waals surface area contributed by atoms with E-state index >= 15 is 0 Å². The lowest BCUT2D eigenvalue weighted by atomic mass is 10.2. The number of hydrogen-bond donors (Lipinski definition) is 2. The fourth-order valence-corrected chi connectivity index (χ4v) is 1.58. The van der Waals surface area contributed by atoms with Gasteiger partial charge in [0.2, 0.25) is 5.91 Å². The lowest BCUT2D eigenvalue weighted by Gasteiger charge is -2.12. The molecular formula is C11H14Cl2N2O. The topological polar surface area (TPSA) is 55.1 Å². The van der Waals surface area contributed by atoms with Gasteiger partial charge < -0.3 is 11.1 Å². The van der Waals surface area contributed by atoms with Gasteiger partial charge >= 0.3 is 0 Å². The first-order valence-corrected chi connectivity index (χ1v) is 5.73. The third-order valence-corrected chi connectivity index (χ3v) is 3.00. The molecule has 0 aliphatic heterocycles. The zero-order valence-corrected chi connectivity index (χ0v) is 10.7. The Labute approximate surface area is 105 Å². The summed E-state index contributed by atoms with van der Waals surface area (Å²) >= 11 is 11.9. The van der Waals surface area contributed by atoms with Crippen molar-refractivity contribution in [2.24, 2.45) is 5.73 Å². The smallest absolute Gasteiger partial charge is 0.241 e. The van der Waals surface area contributed by atoms with Crippen molar-refractivity contribution in [1.82, 2.24) is 0 Å². The molecule has 1 aromatic rings. The molecule has 0 aromatic heterocycles. The number of halogens is 2. The second kappa shape index (κ2) is 5.53. The number of anilines is 1. The van der Waals surface area contributed by atoms with E-state index in [0.29, 0.717) is 22.2 Å². The average Bonchev–Trinajstić information content (AvgIpc) is 2.24. The van der Waals surface area contributed by atoms with Crippen LogP contribution in [0.5, 0.6) is 0 Å². The van der Waals surface area contributed by atoms with Crippen molar-refractivity contribution in [2.45, 2.75) is 26.3 Å². The molecule has 0 fully saturated rings. The lowest BCUT2D eigenvalue weighted by Crippen LogP contribution is -2.34. The highest BCUT2D eigenvalue weighted by atomic mass is 35.5. The van der Waals surface area contributed by atoms with Crippen LogP contribution in [0, 0.1) is 6.92 Å². The SMILES string of the molecule is CC[C@H](N)C(=O)Nc1cc(Cl)c(C)cc1Cl. The van der Waals surface area contributed by atoms with E-state index in [1.54, 1.807) is 12.1 Å². The van der Waals surface area contributed by atoms with Gasteiger partial charge in [-0.05, 0) is 31.0 Å². The molecule has 1 atom stereocenters. The maximum atomic E-state index is 11.6. The molecule has 5 heteroatoms. The highest BCUT2D eigenvalue weighted by molar-refractivity contribution is 6.36. The Morgan fingerprint density at radius 2 is 2.06 bits per heavy atom. The highest BCUT2D eigenvalue weighted by Gasteiger charge is 2.13. The number of carbonyl (C=O) groups excluding carboxylic acids is 1. The van der Waals surface area contributed by atoms with Gasteiger partial charge in [0.25, 0.3) is 0 Å². The summed E-state index contributed by atoms with van der Waals surface area (Å²) in [5.41, 5.74) is 6.95. The van der Waals surface area contributed by atoms with E-state index in [2.05, 4.69) is 5.32 Å². The Morgan fingerprint density at radius 3 is 2.62 bits per heavy atom. The molecule has 88 valence electrons. The Hall–Kier alpha value is -0.770. The summed E-state index contributed by atoms with van der Waals surface area (Å²) in [5, 5.41) is 3.67. The molecule has 0 aliphatic carbocycles.